The minimum atomic E-state index is -4.40. The number of aromatic nitrogens is 2. The number of rotatable bonds is 10. The maximum absolute atomic E-state index is 15.5. The molecular formula is C22H26FN4O9P. The summed E-state index contributed by atoms with van der Waals surface area (Å²) in [6, 6.07) is 8.83. The zero-order valence-corrected chi connectivity index (χ0v) is 21.0. The van der Waals surface area contributed by atoms with Gasteiger partial charge >= 0.3 is 19.4 Å². The van der Waals surface area contributed by atoms with Gasteiger partial charge in [-0.3, -0.25) is 23.7 Å². The summed E-state index contributed by atoms with van der Waals surface area (Å²) in [7, 11) is -4.40. The molecule has 13 nitrogen and oxygen atoms in total. The molecule has 0 bridgehead atoms. The first-order valence-corrected chi connectivity index (χ1v) is 12.7. The Morgan fingerprint density at radius 3 is 2.59 bits per heavy atom. The summed E-state index contributed by atoms with van der Waals surface area (Å²) in [5.74, 6) is -0.650. The highest BCUT2D eigenvalue weighted by molar-refractivity contribution is 7.52. The first-order chi connectivity index (χ1) is 17.4. The standard InChI is InChI=1S/C22H26FN4O9P/c1-13(2)34-19(30)14(3)26-37(32,36-15-7-5-4-6-8-15)33-11-16-18(29)22(23,12-24)20(35-16)27-10-9-17(28)25-21(27)31/h4-10,13-14,16,18,20,29H,11H2,1-3H3,(H,26,32)(H,25,28,31). The van der Waals surface area contributed by atoms with Gasteiger partial charge in [-0.05, 0) is 32.9 Å². The van der Waals surface area contributed by atoms with E-state index in [1.165, 1.54) is 25.1 Å². The lowest BCUT2D eigenvalue weighted by Crippen LogP contribution is -2.45. The number of nitrogens with one attached hydrogen (secondary N) is 2. The molecule has 6 unspecified atom stereocenters. The number of carbonyl (C=O) groups excluding carboxylic acids is 1. The van der Waals surface area contributed by atoms with Gasteiger partial charge in [0.15, 0.2) is 6.23 Å². The predicted molar refractivity (Wildman–Crippen MR) is 125 cm³/mol. The molecule has 0 saturated carbocycles. The number of benzene rings is 1. The fraction of sp³-hybridized carbons (Fsp3) is 0.455. The Morgan fingerprint density at radius 1 is 1.32 bits per heavy atom. The molecule has 15 heteroatoms. The van der Waals surface area contributed by atoms with Gasteiger partial charge in [0.05, 0.1) is 12.7 Å². The van der Waals surface area contributed by atoms with Gasteiger partial charge in [0.2, 0.25) is 0 Å². The summed E-state index contributed by atoms with van der Waals surface area (Å²) in [6.45, 7) is 3.83. The van der Waals surface area contributed by atoms with Crippen LogP contribution in [0, 0.1) is 11.3 Å². The van der Waals surface area contributed by atoms with Gasteiger partial charge in [-0.25, -0.2) is 13.8 Å². The van der Waals surface area contributed by atoms with Crippen LogP contribution in [0.5, 0.6) is 5.75 Å². The third kappa shape index (κ3) is 6.51. The first kappa shape index (κ1) is 28.2. The summed E-state index contributed by atoms with van der Waals surface area (Å²) in [5.41, 5.74) is -4.99. The number of carbonyl (C=O) groups is 1. The van der Waals surface area contributed by atoms with Crippen molar-refractivity contribution in [2.75, 3.05) is 6.61 Å². The van der Waals surface area contributed by atoms with Gasteiger partial charge in [0, 0.05) is 12.3 Å². The molecule has 0 radical (unpaired) electrons. The van der Waals surface area contributed by atoms with Gasteiger partial charge < -0.3 is 19.1 Å². The molecule has 37 heavy (non-hydrogen) atoms. The number of alkyl halides is 1. The van der Waals surface area contributed by atoms with Crippen molar-refractivity contribution in [1.29, 1.82) is 5.26 Å². The maximum Gasteiger partial charge on any atom is 0.459 e. The van der Waals surface area contributed by atoms with Crippen LogP contribution in [0.3, 0.4) is 0 Å². The average molecular weight is 540 g/mol. The van der Waals surface area contributed by atoms with E-state index in [-0.39, 0.29) is 5.75 Å². The van der Waals surface area contributed by atoms with Gasteiger partial charge in [0.1, 0.15) is 30.1 Å². The van der Waals surface area contributed by atoms with E-state index in [2.05, 4.69) is 5.09 Å². The number of halogens is 1. The predicted octanol–water partition coefficient (Wildman–Crippen LogP) is 1.16. The summed E-state index contributed by atoms with van der Waals surface area (Å²) in [4.78, 5) is 37.7. The quantitative estimate of drug-likeness (QED) is 0.290. The number of aliphatic hydroxyl groups excluding tert-OH is 1. The van der Waals surface area contributed by atoms with Crippen LogP contribution in [0.2, 0.25) is 0 Å². The Balaban J connectivity index is 1.84. The van der Waals surface area contributed by atoms with Gasteiger partial charge in [-0.1, -0.05) is 18.2 Å². The molecule has 6 atom stereocenters. The molecule has 1 saturated heterocycles. The molecule has 2 aromatic rings. The van der Waals surface area contributed by atoms with Crippen molar-refractivity contribution in [3.63, 3.8) is 0 Å². The van der Waals surface area contributed by atoms with Crippen molar-refractivity contribution in [3.05, 3.63) is 63.4 Å². The summed E-state index contributed by atoms with van der Waals surface area (Å²) < 4.78 is 51.0. The first-order valence-electron chi connectivity index (χ1n) is 11.1. The van der Waals surface area contributed by atoms with Crippen LogP contribution < -0.4 is 20.9 Å². The van der Waals surface area contributed by atoms with Crippen molar-refractivity contribution in [2.45, 2.75) is 57.0 Å². The minimum absolute atomic E-state index is 0.102. The highest BCUT2D eigenvalue weighted by atomic mass is 31.2. The number of nitriles is 1. The molecule has 3 N–H and O–H groups in total. The van der Waals surface area contributed by atoms with Gasteiger partial charge in [0.25, 0.3) is 11.2 Å². The molecule has 0 amide bonds. The van der Waals surface area contributed by atoms with Crippen molar-refractivity contribution in [1.82, 2.24) is 14.6 Å². The number of esters is 1. The van der Waals surface area contributed by atoms with E-state index in [0.29, 0.717) is 4.57 Å². The van der Waals surface area contributed by atoms with Crippen LogP contribution in [-0.2, 0) is 23.4 Å². The SMILES string of the molecule is CC(C)OC(=O)C(C)NP(=O)(OCC1OC(n2ccc(=O)[nH]c2=O)C(F)(C#N)C1O)Oc1ccccc1. The molecule has 0 spiro atoms. The second-order valence-electron chi connectivity index (χ2n) is 8.40. The Labute approximate surface area is 210 Å². The second kappa shape index (κ2) is 11.4. The number of hydrogen-bond acceptors (Lipinski definition) is 10. The van der Waals surface area contributed by atoms with Crippen molar-refractivity contribution in [3.8, 4) is 11.8 Å². The van der Waals surface area contributed by atoms with E-state index < -0.39 is 67.8 Å². The normalized spacial score (nSPS) is 25.7. The molecule has 1 aliphatic heterocycles. The highest BCUT2D eigenvalue weighted by Crippen LogP contribution is 2.47. The molecular weight excluding hydrogens is 514 g/mol. The van der Waals surface area contributed by atoms with Crippen molar-refractivity contribution < 1.29 is 37.4 Å². The van der Waals surface area contributed by atoms with Crippen LogP contribution in [0.15, 0.2) is 52.2 Å². The lowest BCUT2D eigenvalue weighted by Gasteiger charge is -2.25. The van der Waals surface area contributed by atoms with E-state index in [1.807, 2.05) is 4.98 Å². The molecule has 1 aromatic heterocycles. The smallest absolute Gasteiger partial charge is 0.459 e. The molecule has 1 fully saturated rings. The summed E-state index contributed by atoms with van der Waals surface area (Å²) in [5, 5.41) is 22.4. The zero-order valence-electron chi connectivity index (χ0n) is 20.1. The van der Waals surface area contributed by atoms with Crippen LogP contribution in [0.1, 0.15) is 27.0 Å². The molecule has 1 aliphatic rings. The largest absolute Gasteiger partial charge is 0.462 e. The molecule has 200 valence electrons. The molecule has 3 rings (SSSR count). The fourth-order valence-corrected chi connectivity index (χ4v) is 4.90. The number of nitrogens with zero attached hydrogens (tertiary/aromatic N) is 2. The third-order valence-corrected chi connectivity index (χ3v) is 6.80. The average Bonchev–Trinajstić information content (AvgIpc) is 3.08. The molecule has 2 heterocycles. The van der Waals surface area contributed by atoms with E-state index >= 15 is 4.39 Å². The maximum atomic E-state index is 15.5. The Bertz CT molecular complexity index is 1310. The lowest BCUT2D eigenvalue weighted by molar-refractivity contribution is -0.149. The van der Waals surface area contributed by atoms with Crippen LogP contribution in [-0.4, -0.2) is 57.3 Å². The number of H-pyrrole nitrogens is 1. The van der Waals surface area contributed by atoms with Gasteiger partial charge in [-0.15, -0.1) is 0 Å². The number of aliphatic hydroxyl groups is 1. The Kier molecular flexibility index (Phi) is 8.68. The molecule has 0 aliphatic carbocycles. The number of ether oxygens (including phenoxy) is 2. The lowest BCUT2D eigenvalue weighted by atomic mass is 9.98. The number of para-hydroxylation sites is 1. The Hall–Kier alpha value is -3.34. The third-order valence-electron chi connectivity index (χ3n) is 5.16. The number of hydrogen-bond donors (Lipinski definition) is 3. The second-order valence-corrected chi connectivity index (χ2v) is 10.1. The fourth-order valence-electron chi connectivity index (χ4n) is 3.39. The van der Waals surface area contributed by atoms with E-state index in [4.69, 9.17) is 18.5 Å². The highest BCUT2D eigenvalue weighted by Gasteiger charge is 2.59. The summed E-state index contributed by atoms with van der Waals surface area (Å²) in [6.07, 6.45) is -5.28. The molecule has 1 aromatic carbocycles. The minimum Gasteiger partial charge on any atom is -0.462 e. The topological polar surface area (TPSA) is 182 Å². The summed E-state index contributed by atoms with van der Waals surface area (Å²) >= 11 is 0. The monoisotopic (exact) mass is 540 g/mol. The van der Waals surface area contributed by atoms with Gasteiger partial charge in [-0.2, -0.15) is 10.3 Å². The van der Waals surface area contributed by atoms with E-state index in [9.17, 15) is 29.3 Å². The van der Waals surface area contributed by atoms with Crippen LogP contribution >= 0.6 is 7.75 Å². The Morgan fingerprint density at radius 2 is 2.00 bits per heavy atom. The van der Waals surface area contributed by atoms with Crippen LogP contribution in [0.25, 0.3) is 0 Å². The van der Waals surface area contributed by atoms with Crippen molar-refractivity contribution in [2.24, 2.45) is 0 Å². The zero-order chi connectivity index (χ0) is 27.4. The number of aromatic amines is 1. The van der Waals surface area contributed by atoms with Crippen LogP contribution in [0.4, 0.5) is 4.39 Å². The van der Waals surface area contributed by atoms with E-state index in [0.717, 1.165) is 12.3 Å². The van der Waals surface area contributed by atoms with Crippen molar-refractivity contribution >= 4 is 13.7 Å². The van der Waals surface area contributed by atoms with E-state index in [1.54, 1.807) is 32.0 Å².